The maximum absolute atomic E-state index is 12.5. The number of amides is 1. The van der Waals surface area contributed by atoms with Gasteiger partial charge in [0, 0.05) is 5.69 Å². The number of carbonyl (C=O) groups excluding carboxylic acids is 1. The molecule has 1 saturated carbocycles. The van der Waals surface area contributed by atoms with E-state index in [2.05, 4.69) is 51.2 Å². The van der Waals surface area contributed by atoms with Gasteiger partial charge in [-0.25, -0.2) is 0 Å². The zero-order chi connectivity index (χ0) is 15.2. The molecule has 3 rings (SSSR count). The van der Waals surface area contributed by atoms with E-state index in [1.165, 1.54) is 36.8 Å². The van der Waals surface area contributed by atoms with Gasteiger partial charge in [0.1, 0.15) is 0 Å². The van der Waals surface area contributed by atoms with Gasteiger partial charge in [-0.15, -0.1) is 0 Å². The summed E-state index contributed by atoms with van der Waals surface area (Å²) in [4.78, 5) is 12.5. The molecule has 2 heteroatoms. The van der Waals surface area contributed by atoms with Crippen molar-refractivity contribution in [2.45, 2.75) is 64.7 Å². The van der Waals surface area contributed by atoms with Gasteiger partial charge in [-0.2, -0.15) is 0 Å². The molecule has 1 aromatic rings. The Bertz CT molecular complexity index is 555. The minimum Gasteiger partial charge on any atom is -0.325 e. The number of anilines is 1. The summed E-state index contributed by atoms with van der Waals surface area (Å²) in [5.41, 5.74) is 3.74. The third kappa shape index (κ3) is 2.73. The molecule has 0 spiro atoms. The molecular weight excluding hydrogens is 258 g/mol. The van der Waals surface area contributed by atoms with Crippen molar-refractivity contribution in [1.29, 1.82) is 0 Å². The molecule has 21 heavy (non-hydrogen) atoms. The SMILES string of the molecule is CC1CCCC(C2C(=O)Nc3ccc(C(C)(C)C)cc32)C1. The quantitative estimate of drug-likeness (QED) is 0.785. The maximum Gasteiger partial charge on any atom is 0.232 e. The first-order valence-electron chi connectivity index (χ1n) is 8.31. The van der Waals surface area contributed by atoms with Crippen LogP contribution in [0.2, 0.25) is 0 Å². The van der Waals surface area contributed by atoms with Crippen LogP contribution in [0.3, 0.4) is 0 Å². The summed E-state index contributed by atoms with van der Waals surface area (Å²) in [6.07, 6.45) is 4.97. The number of carbonyl (C=O) groups is 1. The van der Waals surface area contributed by atoms with Gasteiger partial charge in [0.05, 0.1) is 5.92 Å². The van der Waals surface area contributed by atoms with Gasteiger partial charge < -0.3 is 5.32 Å². The topological polar surface area (TPSA) is 29.1 Å². The van der Waals surface area contributed by atoms with Gasteiger partial charge in [0.2, 0.25) is 5.91 Å². The number of nitrogens with one attached hydrogen (secondary N) is 1. The number of fused-ring (bicyclic) bond motifs is 1. The lowest BCUT2D eigenvalue weighted by molar-refractivity contribution is -0.118. The van der Waals surface area contributed by atoms with Gasteiger partial charge in [-0.1, -0.05) is 52.7 Å². The molecule has 1 heterocycles. The van der Waals surface area contributed by atoms with Crippen LogP contribution in [-0.4, -0.2) is 5.91 Å². The van der Waals surface area contributed by atoms with Gasteiger partial charge in [0.15, 0.2) is 0 Å². The zero-order valence-electron chi connectivity index (χ0n) is 13.7. The van der Waals surface area contributed by atoms with E-state index in [0.29, 0.717) is 5.92 Å². The van der Waals surface area contributed by atoms with Crippen molar-refractivity contribution in [3.05, 3.63) is 29.3 Å². The van der Waals surface area contributed by atoms with Crippen molar-refractivity contribution in [1.82, 2.24) is 0 Å². The highest BCUT2D eigenvalue weighted by Crippen LogP contribution is 2.45. The van der Waals surface area contributed by atoms with Crippen LogP contribution in [0.5, 0.6) is 0 Å². The lowest BCUT2D eigenvalue weighted by Gasteiger charge is -2.30. The Morgan fingerprint density at radius 3 is 2.62 bits per heavy atom. The van der Waals surface area contributed by atoms with Gasteiger partial charge in [-0.05, 0) is 47.3 Å². The minimum atomic E-state index is 0.0741. The van der Waals surface area contributed by atoms with Crippen molar-refractivity contribution in [3.8, 4) is 0 Å². The van der Waals surface area contributed by atoms with Crippen molar-refractivity contribution in [3.63, 3.8) is 0 Å². The average Bonchev–Trinajstić information content (AvgIpc) is 2.72. The standard InChI is InChI=1S/C19H27NO/c1-12-6-5-7-13(10-12)17-15-11-14(19(2,3)4)8-9-16(15)20-18(17)21/h8-9,11-13,17H,5-7,10H2,1-4H3,(H,20,21). The van der Waals surface area contributed by atoms with Crippen LogP contribution in [0.4, 0.5) is 5.69 Å². The van der Waals surface area contributed by atoms with Crippen LogP contribution in [0.15, 0.2) is 18.2 Å². The molecule has 3 atom stereocenters. The van der Waals surface area contributed by atoms with Crippen LogP contribution in [0.1, 0.15) is 70.4 Å². The number of hydrogen-bond donors (Lipinski definition) is 1. The highest BCUT2D eigenvalue weighted by molar-refractivity contribution is 6.03. The van der Waals surface area contributed by atoms with E-state index in [1.807, 2.05) is 0 Å². The van der Waals surface area contributed by atoms with E-state index in [1.54, 1.807) is 0 Å². The van der Waals surface area contributed by atoms with Gasteiger partial charge >= 0.3 is 0 Å². The number of hydrogen-bond acceptors (Lipinski definition) is 1. The first-order valence-corrected chi connectivity index (χ1v) is 8.31. The van der Waals surface area contributed by atoms with E-state index in [0.717, 1.165) is 11.6 Å². The molecule has 3 unspecified atom stereocenters. The molecule has 1 fully saturated rings. The van der Waals surface area contributed by atoms with Crippen LogP contribution >= 0.6 is 0 Å². The largest absolute Gasteiger partial charge is 0.325 e. The summed E-state index contributed by atoms with van der Waals surface area (Å²) < 4.78 is 0. The molecule has 2 aliphatic rings. The highest BCUT2D eigenvalue weighted by atomic mass is 16.2. The molecule has 2 nitrogen and oxygen atoms in total. The van der Waals surface area contributed by atoms with Crippen LogP contribution in [0.25, 0.3) is 0 Å². The third-order valence-corrected chi connectivity index (χ3v) is 5.24. The molecule has 1 amide bonds. The molecule has 1 aromatic carbocycles. The first kappa shape index (κ1) is 14.6. The summed E-state index contributed by atoms with van der Waals surface area (Å²) in [6.45, 7) is 9.02. The van der Waals surface area contributed by atoms with E-state index in [-0.39, 0.29) is 17.2 Å². The predicted molar refractivity (Wildman–Crippen MR) is 87.6 cm³/mol. The third-order valence-electron chi connectivity index (χ3n) is 5.24. The molecule has 0 radical (unpaired) electrons. The average molecular weight is 285 g/mol. The predicted octanol–water partition coefficient (Wildman–Crippen LogP) is 4.85. The Morgan fingerprint density at radius 1 is 1.19 bits per heavy atom. The Labute approximate surface area is 128 Å². The van der Waals surface area contributed by atoms with Crippen molar-refractivity contribution in [2.24, 2.45) is 11.8 Å². The summed E-state index contributed by atoms with van der Waals surface area (Å²) in [6, 6.07) is 6.53. The molecule has 1 aliphatic carbocycles. The minimum absolute atomic E-state index is 0.0741. The normalized spacial score (nSPS) is 29.1. The summed E-state index contributed by atoms with van der Waals surface area (Å²) in [5.74, 6) is 1.57. The lowest BCUT2D eigenvalue weighted by Crippen LogP contribution is -2.25. The van der Waals surface area contributed by atoms with Crippen LogP contribution in [0, 0.1) is 11.8 Å². The van der Waals surface area contributed by atoms with Crippen molar-refractivity contribution in [2.75, 3.05) is 5.32 Å². The zero-order valence-corrected chi connectivity index (χ0v) is 13.7. The maximum atomic E-state index is 12.5. The molecule has 114 valence electrons. The fourth-order valence-electron chi connectivity index (χ4n) is 4.00. The lowest BCUT2D eigenvalue weighted by atomic mass is 9.73. The molecule has 1 N–H and O–H groups in total. The second-order valence-electron chi connectivity index (χ2n) is 8.05. The molecule has 0 aromatic heterocycles. The molecular formula is C19H27NO. The van der Waals surface area contributed by atoms with Crippen molar-refractivity contribution < 1.29 is 4.79 Å². The van der Waals surface area contributed by atoms with E-state index in [4.69, 9.17) is 0 Å². The van der Waals surface area contributed by atoms with Crippen molar-refractivity contribution >= 4 is 11.6 Å². The Balaban J connectivity index is 1.96. The molecule has 0 saturated heterocycles. The van der Waals surface area contributed by atoms with Gasteiger partial charge in [-0.3, -0.25) is 4.79 Å². The smallest absolute Gasteiger partial charge is 0.232 e. The summed E-state index contributed by atoms with van der Waals surface area (Å²) in [7, 11) is 0. The second kappa shape index (κ2) is 5.15. The highest BCUT2D eigenvalue weighted by Gasteiger charge is 2.38. The van der Waals surface area contributed by atoms with E-state index < -0.39 is 0 Å². The Hall–Kier alpha value is -1.31. The Morgan fingerprint density at radius 2 is 1.95 bits per heavy atom. The number of benzene rings is 1. The monoisotopic (exact) mass is 285 g/mol. The molecule has 0 bridgehead atoms. The van der Waals surface area contributed by atoms with Gasteiger partial charge in [0.25, 0.3) is 0 Å². The van der Waals surface area contributed by atoms with E-state index >= 15 is 0 Å². The fraction of sp³-hybridized carbons (Fsp3) is 0.632. The first-order chi connectivity index (χ1) is 9.86. The fourth-order valence-corrected chi connectivity index (χ4v) is 4.00. The van der Waals surface area contributed by atoms with Crippen LogP contribution in [-0.2, 0) is 10.2 Å². The number of rotatable bonds is 1. The summed E-state index contributed by atoms with van der Waals surface area (Å²) in [5, 5.41) is 3.10. The van der Waals surface area contributed by atoms with E-state index in [9.17, 15) is 4.79 Å². The second-order valence-corrected chi connectivity index (χ2v) is 8.05. The Kier molecular flexibility index (Phi) is 3.59. The molecule has 1 aliphatic heterocycles. The summed E-state index contributed by atoms with van der Waals surface area (Å²) >= 11 is 0. The van der Waals surface area contributed by atoms with Crippen LogP contribution < -0.4 is 5.32 Å².